The van der Waals surface area contributed by atoms with Gasteiger partial charge in [-0.25, -0.2) is 17.8 Å². The lowest BCUT2D eigenvalue weighted by molar-refractivity contribution is -0.137. The van der Waals surface area contributed by atoms with Gasteiger partial charge >= 0.3 is 6.18 Å². The van der Waals surface area contributed by atoms with Crippen LogP contribution >= 0.6 is 0 Å². The number of nitrogens with one attached hydrogen (secondary N) is 3. The maximum absolute atomic E-state index is 13.8. The Bertz CT molecular complexity index is 1400. The highest BCUT2D eigenvalue weighted by atomic mass is 32.2. The molecule has 7 nitrogen and oxygen atoms in total. The maximum Gasteiger partial charge on any atom is 0.416 e. The average molecular weight is 523 g/mol. The van der Waals surface area contributed by atoms with Gasteiger partial charge in [-0.3, -0.25) is 4.79 Å². The zero-order chi connectivity index (χ0) is 26.1. The number of hydrogen-bond donors (Lipinski definition) is 3. The van der Waals surface area contributed by atoms with Crippen molar-refractivity contribution in [3.05, 3.63) is 82.8 Å². The second kappa shape index (κ2) is 9.86. The Morgan fingerprint density at radius 3 is 2.47 bits per heavy atom. The molecule has 0 aliphatic carbocycles. The van der Waals surface area contributed by atoms with Gasteiger partial charge in [0, 0.05) is 30.0 Å². The summed E-state index contributed by atoms with van der Waals surface area (Å²) in [6.45, 7) is 2.11. The van der Waals surface area contributed by atoms with E-state index in [2.05, 4.69) is 20.9 Å². The third-order valence-corrected chi connectivity index (χ3v) is 7.40. The van der Waals surface area contributed by atoms with Crippen LogP contribution in [0.15, 0.2) is 54.7 Å². The number of carbonyl (C=O) groups excluding carboxylic acids is 1. The fourth-order valence-electron chi connectivity index (χ4n) is 3.66. The Morgan fingerprint density at radius 2 is 1.81 bits per heavy atom. The van der Waals surface area contributed by atoms with E-state index in [1.165, 1.54) is 6.20 Å². The number of para-hydroxylation sites is 1. The molecule has 190 valence electrons. The number of amides is 1. The van der Waals surface area contributed by atoms with Crippen molar-refractivity contribution in [2.75, 3.05) is 22.1 Å². The van der Waals surface area contributed by atoms with Crippen molar-refractivity contribution in [3.63, 3.8) is 0 Å². The highest BCUT2D eigenvalue weighted by molar-refractivity contribution is 7.92. The van der Waals surface area contributed by atoms with Crippen molar-refractivity contribution in [1.29, 1.82) is 0 Å². The number of nitrogens with zero attached hydrogens (tertiary/aromatic N) is 1. The van der Waals surface area contributed by atoms with E-state index in [1.807, 2.05) is 19.1 Å². The molecule has 12 heteroatoms. The second-order valence-corrected chi connectivity index (χ2v) is 10.7. The number of aryl methyl sites for hydroxylation is 1. The van der Waals surface area contributed by atoms with Crippen molar-refractivity contribution >= 4 is 32.9 Å². The predicted molar refractivity (Wildman–Crippen MR) is 127 cm³/mol. The minimum absolute atomic E-state index is 0.0258. The number of aromatic nitrogens is 1. The Morgan fingerprint density at radius 1 is 1.08 bits per heavy atom. The summed E-state index contributed by atoms with van der Waals surface area (Å²) in [4.78, 5) is 17.2. The molecule has 3 aromatic rings. The van der Waals surface area contributed by atoms with Gasteiger partial charge in [0.1, 0.15) is 5.82 Å². The van der Waals surface area contributed by atoms with Crippen LogP contribution in [0.25, 0.3) is 0 Å². The lowest BCUT2D eigenvalue weighted by Crippen LogP contribution is -2.50. The molecule has 0 saturated carbocycles. The zero-order valence-corrected chi connectivity index (χ0v) is 19.8. The van der Waals surface area contributed by atoms with E-state index in [4.69, 9.17) is 0 Å². The standard InChI is InChI=1S/C24H22F4N4O3S/c1-14-4-2-3-5-20(14)31-22-21(6-15(11-30-22)10-29-19-12-36(34,35)13-19)32-23(33)16-7-17(24(26,27)28)9-18(25)8-16/h2-9,11,19,29H,10,12-13H2,1H3,(H,30,31)(H,32,33). The van der Waals surface area contributed by atoms with Gasteiger partial charge in [-0.1, -0.05) is 18.2 Å². The number of rotatable bonds is 7. The average Bonchev–Trinajstić information content (AvgIpc) is 2.78. The Kier molecular flexibility index (Phi) is 7.01. The Balaban J connectivity index is 1.61. The van der Waals surface area contributed by atoms with Crippen molar-refractivity contribution in [3.8, 4) is 0 Å². The molecule has 0 radical (unpaired) electrons. The first-order valence-electron chi connectivity index (χ1n) is 10.8. The fourth-order valence-corrected chi connectivity index (χ4v) is 5.03. The number of benzene rings is 2. The molecule has 2 heterocycles. The normalized spacial score (nSPS) is 15.2. The molecule has 4 rings (SSSR count). The van der Waals surface area contributed by atoms with Gasteiger partial charge in [-0.15, -0.1) is 0 Å². The Labute approximate surface area is 204 Å². The quantitative estimate of drug-likeness (QED) is 0.397. The summed E-state index contributed by atoms with van der Waals surface area (Å²) in [7, 11) is -3.01. The largest absolute Gasteiger partial charge is 0.416 e. The van der Waals surface area contributed by atoms with Crippen molar-refractivity contribution in [2.24, 2.45) is 0 Å². The van der Waals surface area contributed by atoms with Gasteiger partial charge in [0.2, 0.25) is 0 Å². The highest BCUT2D eigenvalue weighted by Gasteiger charge is 2.33. The van der Waals surface area contributed by atoms with E-state index >= 15 is 0 Å². The zero-order valence-electron chi connectivity index (χ0n) is 19.0. The minimum Gasteiger partial charge on any atom is -0.338 e. The molecule has 1 amide bonds. The molecule has 0 atom stereocenters. The molecule has 36 heavy (non-hydrogen) atoms. The smallest absolute Gasteiger partial charge is 0.338 e. The molecule has 1 aliphatic rings. The van der Waals surface area contributed by atoms with Crippen molar-refractivity contribution < 1.29 is 30.8 Å². The van der Waals surface area contributed by atoms with E-state index in [1.54, 1.807) is 18.2 Å². The summed E-state index contributed by atoms with van der Waals surface area (Å²) >= 11 is 0. The van der Waals surface area contributed by atoms with Crippen LogP contribution in [-0.2, 0) is 22.6 Å². The molecule has 0 unspecified atom stereocenters. The van der Waals surface area contributed by atoms with Gasteiger partial charge in [0.05, 0.1) is 22.8 Å². The topological polar surface area (TPSA) is 100 Å². The van der Waals surface area contributed by atoms with Gasteiger partial charge in [0.15, 0.2) is 15.7 Å². The third-order valence-electron chi connectivity index (χ3n) is 5.58. The molecule has 0 spiro atoms. The van der Waals surface area contributed by atoms with Crippen LogP contribution in [0.1, 0.15) is 27.0 Å². The lowest BCUT2D eigenvalue weighted by Gasteiger charge is -2.26. The number of alkyl halides is 3. The number of pyridine rings is 1. The molecule has 1 fully saturated rings. The summed E-state index contributed by atoms with van der Waals surface area (Å²) in [5.41, 5.74) is 0.538. The summed E-state index contributed by atoms with van der Waals surface area (Å²) in [5.74, 6) is -1.87. The highest BCUT2D eigenvalue weighted by Crippen LogP contribution is 2.31. The first-order valence-corrected chi connectivity index (χ1v) is 12.7. The lowest BCUT2D eigenvalue weighted by atomic mass is 10.1. The van der Waals surface area contributed by atoms with Crippen LogP contribution < -0.4 is 16.0 Å². The van der Waals surface area contributed by atoms with E-state index in [0.29, 0.717) is 23.4 Å². The number of hydrogen-bond acceptors (Lipinski definition) is 6. The van der Waals surface area contributed by atoms with E-state index in [-0.39, 0.29) is 35.6 Å². The van der Waals surface area contributed by atoms with Crippen molar-refractivity contribution in [2.45, 2.75) is 25.7 Å². The summed E-state index contributed by atoms with van der Waals surface area (Å²) < 4.78 is 75.9. The predicted octanol–water partition coefficient (Wildman–Crippen LogP) is 4.43. The maximum atomic E-state index is 13.8. The van der Waals surface area contributed by atoms with Crippen LogP contribution in [0.2, 0.25) is 0 Å². The SMILES string of the molecule is Cc1ccccc1Nc1ncc(CNC2CS(=O)(=O)C2)cc1NC(=O)c1cc(F)cc(C(F)(F)F)c1. The molecule has 1 aliphatic heterocycles. The summed E-state index contributed by atoms with van der Waals surface area (Å²) in [6.07, 6.45) is -3.29. The van der Waals surface area contributed by atoms with Gasteiger partial charge in [-0.2, -0.15) is 13.2 Å². The van der Waals surface area contributed by atoms with Gasteiger partial charge in [0.25, 0.3) is 5.91 Å². The van der Waals surface area contributed by atoms with E-state index in [0.717, 1.165) is 11.6 Å². The van der Waals surface area contributed by atoms with Gasteiger partial charge in [-0.05, 0) is 48.4 Å². The molecule has 3 N–H and O–H groups in total. The van der Waals surface area contributed by atoms with Crippen molar-refractivity contribution in [1.82, 2.24) is 10.3 Å². The fraction of sp³-hybridized carbons (Fsp3) is 0.250. The van der Waals surface area contributed by atoms with Crippen LogP contribution in [-0.4, -0.2) is 36.9 Å². The third kappa shape index (κ3) is 6.18. The van der Waals surface area contributed by atoms with Crippen LogP contribution in [0.5, 0.6) is 0 Å². The minimum atomic E-state index is -4.82. The first-order chi connectivity index (χ1) is 16.9. The van der Waals surface area contributed by atoms with Gasteiger partial charge < -0.3 is 16.0 Å². The molecule has 2 aromatic carbocycles. The van der Waals surface area contributed by atoms with E-state index in [9.17, 15) is 30.8 Å². The molecule has 1 saturated heterocycles. The molecule has 1 aromatic heterocycles. The molecular weight excluding hydrogens is 500 g/mol. The molecule has 0 bridgehead atoms. The number of sulfone groups is 1. The monoisotopic (exact) mass is 522 g/mol. The number of carbonyl (C=O) groups is 1. The summed E-state index contributed by atoms with van der Waals surface area (Å²) in [5, 5.41) is 8.70. The van der Waals surface area contributed by atoms with Crippen LogP contribution in [0, 0.1) is 12.7 Å². The first kappa shape index (κ1) is 25.6. The van der Waals surface area contributed by atoms with Crippen LogP contribution in [0.4, 0.5) is 34.8 Å². The Hall–Kier alpha value is -3.51. The molecular formula is C24H22F4N4O3S. The van der Waals surface area contributed by atoms with E-state index < -0.39 is 38.9 Å². The number of anilines is 3. The number of halogens is 4. The second-order valence-electron chi connectivity index (χ2n) is 8.51. The van der Waals surface area contributed by atoms with Crippen LogP contribution in [0.3, 0.4) is 0 Å². The summed E-state index contributed by atoms with van der Waals surface area (Å²) in [6, 6.07) is 10.3.